The van der Waals surface area contributed by atoms with Crippen LogP contribution >= 0.6 is 0 Å². The van der Waals surface area contributed by atoms with Gasteiger partial charge in [-0.05, 0) is 25.3 Å². The lowest BCUT2D eigenvalue weighted by Gasteiger charge is -2.56. The number of aliphatic hydroxyl groups is 2. The summed E-state index contributed by atoms with van der Waals surface area (Å²) in [5.74, 6) is -2.84. The molecule has 0 amide bonds. The zero-order chi connectivity index (χ0) is 26.8. The van der Waals surface area contributed by atoms with Gasteiger partial charge in [-0.1, -0.05) is 19.9 Å². The van der Waals surface area contributed by atoms with E-state index in [0.29, 0.717) is 5.57 Å². The first-order chi connectivity index (χ1) is 16.7. The van der Waals surface area contributed by atoms with E-state index in [4.69, 9.17) is 23.7 Å². The Bertz CT molecular complexity index is 962. The molecule has 202 valence electrons. The summed E-state index contributed by atoms with van der Waals surface area (Å²) in [7, 11) is 0. The molecule has 1 spiro atoms. The van der Waals surface area contributed by atoms with Crippen LogP contribution in [0.25, 0.3) is 0 Å². The van der Waals surface area contributed by atoms with Crippen LogP contribution in [0.5, 0.6) is 0 Å². The molecule has 2 heterocycles. The highest BCUT2D eigenvalue weighted by Gasteiger charge is 2.81. The molecular formula is C26H38O10. The van der Waals surface area contributed by atoms with Crippen molar-refractivity contribution in [1.29, 1.82) is 0 Å². The molecule has 36 heavy (non-hydrogen) atoms. The minimum Gasteiger partial charge on any atom is -0.462 e. The first-order valence-corrected chi connectivity index (χ1v) is 12.5. The fourth-order valence-electron chi connectivity index (χ4n) is 7.03. The quantitative estimate of drug-likeness (QED) is 0.248. The summed E-state index contributed by atoms with van der Waals surface area (Å²) in [5, 5.41) is 23.1. The molecule has 10 nitrogen and oxygen atoms in total. The summed E-state index contributed by atoms with van der Waals surface area (Å²) >= 11 is 0. The molecule has 2 N–H and O–H groups in total. The normalized spacial score (nSPS) is 49.3. The van der Waals surface area contributed by atoms with E-state index in [-0.39, 0.29) is 19.4 Å². The molecule has 0 radical (unpaired) electrons. The standard InChI is InChI=1S/C26H38O10/c1-12-8-21-26(24(6,36-26)11-32-21)23(31)22-13(2)17(30)9-19(34-15(4)28)25(22,7)20(35-16(5)29)10-18(12)33-14(3)27/h8,13,17-23,30-31H,9-11H2,1-7H3/b12-8-/t13-,17-,18?,19+,20+,21+,22-,23+,24-,25-,26+/m1/s1. The monoisotopic (exact) mass is 510 g/mol. The number of epoxide rings is 1. The number of aliphatic hydroxyl groups excluding tert-OH is 2. The molecule has 0 aromatic heterocycles. The topological polar surface area (TPSA) is 141 Å². The molecular weight excluding hydrogens is 472 g/mol. The second-order valence-electron chi connectivity index (χ2n) is 11.3. The lowest BCUT2D eigenvalue weighted by molar-refractivity contribution is -0.228. The van der Waals surface area contributed by atoms with E-state index < -0.39 is 83.0 Å². The van der Waals surface area contributed by atoms with Gasteiger partial charge in [-0.15, -0.1) is 0 Å². The van der Waals surface area contributed by atoms with Crippen molar-refractivity contribution in [2.24, 2.45) is 17.3 Å². The zero-order valence-electron chi connectivity index (χ0n) is 22.0. The molecule has 0 aromatic carbocycles. The largest absolute Gasteiger partial charge is 0.462 e. The maximum atomic E-state index is 12.3. The highest BCUT2D eigenvalue weighted by molar-refractivity contribution is 5.67. The van der Waals surface area contributed by atoms with Crippen molar-refractivity contribution in [2.75, 3.05) is 6.61 Å². The Balaban J connectivity index is 1.95. The highest BCUT2D eigenvalue weighted by Crippen LogP contribution is 2.64. The number of ether oxygens (including phenoxy) is 5. The Labute approximate surface area is 211 Å². The third-order valence-electron chi connectivity index (χ3n) is 8.93. The van der Waals surface area contributed by atoms with Crippen molar-refractivity contribution in [3.05, 3.63) is 11.6 Å². The smallest absolute Gasteiger partial charge is 0.303 e. The zero-order valence-corrected chi connectivity index (χ0v) is 22.0. The van der Waals surface area contributed by atoms with Gasteiger partial charge >= 0.3 is 17.9 Å². The van der Waals surface area contributed by atoms with Crippen LogP contribution in [-0.2, 0) is 38.1 Å². The van der Waals surface area contributed by atoms with E-state index >= 15 is 0 Å². The number of carbonyl (C=O) groups is 3. The Morgan fingerprint density at radius 3 is 2.06 bits per heavy atom. The Morgan fingerprint density at radius 1 is 0.972 bits per heavy atom. The van der Waals surface area contributed by atoms with Crippen LogP contribution in [0.1, 0.15) is 61.3 Å². The van der Waals surface area contributed by atoms with Gasteiger partial charge in [-0.2, -0.15) is 0 Å². The summed E-state index contributed by atoms with van der Waals surface area (Å²) < 4.78 is 29.6. The minimum atomic E-state index is -1.17. The fraction of sp³-hybridized carbons (Fsp3) is 0.808. The molecule has 0 bridgehead atoms. The van der Waals surface area contributed by atoms with E-state index in [1.165, 1.54) is 20.8 Å². The van der Waals surface area contributed by atoms with E-state index in [1.54, 1.807) is 19.9 Å². The molecule has 1 unspecified atom stereocenters. The van der Waals surface area contributed by atoms with Gasteiger partial charge < -0.3 is 33.9 Å². The van der Waals surface area contributed by atoms with Gasteiger partial charge in [-0.25, -0.2) is 0 Å². The Morgan fingerprint density at radius 2 is 1.53 bits per heavy atom. The molecule has 1 saturated carbocycles. The number of hydrogen-bond donors (Lipinski definition) is 2. The molecule has 0 aromatic rings. The SMILES string of the molecule is CC(=O)OC1C[C@H](OC(C)=O)[C@]2(C)[C@H]([C@H](C)[C@H](O)C[C@@H]2OC(C)=O)[C@H](O)[C@]23O[C@]2(C)CO[C@H]3/C=C\1C. The molecule has 2 aliphatic carbocycles. The Hall–Kier alpha value is -2.01. The van der Waals surface area contributed by atoms with Crippen LogP contribution in [0.4, 0.5) is 0 Å². The molecule has 4 aliphatic rings. The van der Waals surface area contributed by atoms with Gasteiger partial charge in [-0.3, -0.25) is 14.4 Å². The maximum Gasteiger partial charge on any atom is 0.303 e. The third kappa shape index (κ3) is 4.06. The van der Waals surface area contributed by atoms with E-state index in [2.05, 4.69) is 0 Å². The van der Waals surface area contributed by atoms with Crippen molar-refractivity contribution < 1.29 is 48.3 Å². The summed E-state index contributed by atoms with van der Waals surface area (Å²) in [6.45, 7) is 11.4. The van der Waals surface area contributed by atoms with Crippen molar-refractivity contribution in [1.82, 2.24) is 0 Å². The second kappa shape index (κ2) is 9.08. The molecule has 3 fully saturated rings. The number of hydrogen-bond acceptors (Lipinski definition) is 10. The van der Waals surface area contributed by atoms with E-state index in [1.807, 2.05) is 13.8 Å². The van der Waals surface area contributed by atoms with Gasteiger partial charge in [0.25, 0.3) is 0 Å². The minimum absolute atomic E-state index is 0.0691. The average Bonchev–Trinajstić information content (AvgIpc) is 3.29. The van der Waals surface area contributed by atoms with Gasteiger partial charge in [0.2, 0.25) is 0 Å². The molecule has 11 atom stereocenters. The summed E-state index contributed by atoms with van der Waals surface area (Å²) in [6, 6.07) is 0. The summed E-state index contributed by atoms with van der Waals surface area (Å²) in [4.78, 5) is 36.6. The van der Waals surface area contributed by atoms with Crippen LogP contribution < -0.4 is 0 Å². The van der Waals surface area contributed by atoms with Gasteiger partial charge in [0, 0.05) is 44.9 Å². The number of fused-ring (bicyclic) bond motifs is 1. The molecule has 2 aliphatic heterocycles. The molecule has 2 saturated heterocycles. The van der Waals surface area contributed by atoms with E-state index in [9.17, 15) is 24.6 Å². The van der Waals surface area contributed by atoms with Gasteiger partial charge in [0.05, 0.1) is 18.8 Å². The van der Waals surface area contributed by atoms with Crippen LogP contribution in [0.2, 0.25) is 0 Å². The second-order valence-corrected chi connectivity index (χ2v) is 11.3. The van der Waals surface area contributed by atoms with Crippen molar-refractivity contribution in [2.45, 2.75) is 109 Å². The van der Waals surface area contributed by atoms with Gasteiger partial charge in [0.15, 0.2) is 5.60 Å². The third-order valence-corrected chi connectivity index (χ3v) is 8.93. The molecule has 4 rings (SSSR count). The predicted molar refractivity (Wildman–Crippen MR) is 124 cm³/mol. The van der Waals surface area contributed by atoms with E-state index in [0.717, 1.165) is 0 Å². The van der Waals surface area contributed by atoms with Crippen molar-refractivity contribution >= 4 is 17.9 Å². The van der Waals surface area contributed by atoms with Crippen molar-refractivity contribution in [3.8, 4) is 0 Å². The Kier molecular flexibility index (Phi) is 6.82. The predicted octanol–water partition coefficient (Wildman–Crippen LogP) is 1.44. The lowest BCUT2D eigenvalue weighted by Crippen LogP contribution is -2.66. The number of esters is 3. The first-order valence-electron chi connectivity index (χ1n) is 12.5. The average molecular weight is 511 g/mol. The first kappa shape index (κ1) is 27.0. The van der Waals surface area contributed by atoms with Crippen molar-refractivity contribution in [3.63, 3.8) is 0 Å². The van der Waals surface area contributed by atoms with Gasteiger partial charge in [0.1, 0.15) is 30.0 Å². The van der Waals surface area contributed by atoms with Crippen LogP contribution in [0, 0.1) is 17.3 Å². The summed E-state index contributed by atoms with van der Waals surface area (Å²) in [5.41, 5.74) is -2.42. The van der Waals surface area contributed by atoms with Crippen LogP contribution in [-0.4, -0.2) is 82.6 Å². The van der Waals surface area contributed by atoms with Crippen LogP contribution in [0.15, 0.2) is 11.6 Å². The lowest BCUT2D eigenvalue weighted by atomic mass is 9.53. The number of rotatable bonds is 3. The summed E-state index contributed by atoms with van der Waals surface area (Å²) in [6.07, 6.45) is -3.32. The maximum absolute atomic E-state index is 12.3. The van der Waals surface area contributed by atoms with Crippen LogP contribution in [0.3, 0.4) is 0 Å². The number of carbonyl (C=O) groups excluding carboxylic acids is 3. The fourth-order valence-corrected chi connectivity index (χ4v) is 7.03. The highest BCUT2D eigenvalue weighted by atomic mass is 16.7. The molecule has 10 heteroatoms.